The third-order valence-electron chi connectivity index (χ3n) is 5.36. The van der Waals surface area contributed by atoms with Crippen LogP contribution in [0, 0.1) is 0 Å². The Labute approximate surface area is 177 Å². The molecule has 1 aromatic carbocycles. The number of aryl methyl sites for hydroxylation is 3. The molecule has 0 spiro atoms. The first kappa shape index (κ1) is 18.8. The number of furan rings is 1. The van der Waals surface area contributed by atoms with Crippen molar-refractivity contribution >= 4 is 17.2 Å². The van der Waals surface area contributed by atoms with Crippen LogP contribution in [0.5, 0.6) is 0 Å². The minimum Gasteiger partial charge on any atom is -0.461 e. The van der Waals surface area contributed by atoms with Crippen LogP contribution in [0.25, 0.3) is 11.6 Å². The lowest BCUT2D eigenvalue weighted by atomic mass is 9.99. The molecular formula is C23H21N3O3S. The van der Waals surface area contributed by atoms with Crippen LogP contribution in [-0.4, -0.2) is 16.0 Å². The Hall–Kier alpha value is -3.19. The second-order valence-electron chi connectivity index (χ2n) is 7.39. The van der Waals surface area contributed by atoms with Crippen LogP contribution in [0.1, 0.15) is 46.3 Å². The standard InChI is InChI=1S/C23H21N3O3S/c27-20(10-11-21-25-23(26-29-21)18-6-2-12-28-18)24-22(19-7-3-13-30-19)17-9-8-15-4-1-5-16(15)14-17/h2-3,6-9,12-14,22H,1,4-5,10-11H2,(H,24,27)/t22-/m1/s1. The van der Waals surface area contributed by atoms with E-state index in [4.69, 9.17) is 8.94 Å². The van der Waals surface area contributed by atoms with E-state index < -0.39 is 0 Å². The van der Waals surface area contributed by atoms with E-state index >= 15 is 0 Å². The van der Waals surface area contributed by atoms with Gasteiger partial charge in [-0.1, -0.05) is 29.4 Å². The molecule has 0 bridgehead atoms. The summed E-state index contributed by atoms with van der Waals surface area (Å²) < 4.78 is 10.5. The molecule has 1 amide bonds. The van der Waals surface area contributed by atoms with Gasteiger partial charge in [0.1, 0.15) is 0 Å². The molecule has 1 atom stereocenters. The zero-order valence-corrected chi connectivity index (χ0v) is 17.2. The van der Waals surface area contributed by atoms with Crippen LogP contribution >= 0.6 is 11.3 Å². The topological polar surface area (TPSA) is 81.2 Å². The predicted molar refractivity (Wildman–Crippen MR) is 113 cm³/mol. The van der Waals surface area contributed by atoms with Gasteiger partial charge in [-0.3, -0.25) is 4.79 Å². The molecule has 0 unspecified atom stereocenters. The molecular weight excluding hydrogens is 398 g/mol. The van der Waals surface area contributed by atoms with Crippen molar-refractivity contribution in [2.45, 2.75) is 38.1 Å². The molecule has 1 N–H and O–H groups in total. The van der Waals surface area contributed by atoms with E-state index in [1.54, 1.807) is 29.7 Å². The van der Waals surface area contributed by atoms with Gasteiger partial charge in [-0.05, 0) is 59.5 Å². The van der Waals surface area contributed by atoms with E-state index in [1.807, 2.05) is 11.4 Å². The van der Waals surface area contributed by atoms with Crippen LogP contribution in [0.4, 0.5) is 0 Å². The summed E-state index contributed by atoms with van der Waals surface area (Å²) in [6.07, 6.45) is 5.67. The molecule has 0 saturated heterocycles. The highest BCUT2D eigenvalue weighted by Gasteiger charge is 2.21. The molecule has 0 radical (unpaired) electrons. The van der Waals surface area contributed by atoms with E-state index in [-0.39, 0.29) is 18.4 Å². The van der Waals surface area contributed by atoms with Crippen LogP contribution in [0.2, 0.25) is 0 Å². The van der Waals surface area contributed by atoms with Crippen molar-refractivity contribution in [3.05, 3.63) is 81.6 Å². The number of hydrogen-bond donors (Lipinski definition) is 1. The Morgan fingerprint density at radius 2 is 2.10 bits per heavy atom. The fraction of sp³-hybridized carbons (Fsp3) is 0.261. The molecule has 0 aliphatic heterocycles. The molecule has 5 rings (SSSR count). The number of carbonyl (C=O) groups excluding carboxylic acids is 1. The van der Waals surface area contributed by atoms with Crippen molar-refractivity contribution in [3.8, 4) is 11.6 Å². The summed E-state index contributed by atoms with van der Waals surface area (Å²) in [5.74, 6) is 1.31. The Bertz CT molecular complexity index is 1130. The molecule has 3 aromatic heterocycles. The predicted octanol–water partition coefficient (Wildman–Crippen LogP) is 4.72. The maximum absolute atomic E-state index is 12.7. The third kappa shape index (κ3) is 3.93. The van der Waals surface area contributed by atoms with Gasteiger partial charge in [-0.15, -0.1) is 11.3 Å². The summed E-state index contributed by atoms with van der Waals surface area (Å²) in [5, 5.41) is 9.14. The van der Waals surface area contributed by atoms with Crippen molar-refractivity contribution in [1.29, 1.82) is 0 Å². The van der Waals surface area contributed by atoms with Gasteiger partial charge in [-0.2, -0.15) is 4.98 Å². The molecule has 7 heteroatoms. The lowest BCUT2D eigenvalue weighted by molar-refractivity contribution is -0.121. The Morgan fingerprint density at radius 3 is 2.93 bits per heavy atom. The normalized spacial score (nSPS) is 13.9. The summed E-state index contributed by atoms with van der Waals surface area (Å²) in [4.78, 5) is 18.2. The molecule has 30 heavy (non-hydrogen) atoms. The summed E-state index contributed by atoms with van der Waals surface area (Å²) in [6, 6.07) is 14.1. The smallest absolute Gasteiger partial charge is 0.238 e. The summed E-state index contributed by atoms with van der Waals surface area (Å²) in [6.45, 7) is 0. The molecule has 1 aliphatic rings. The Balaban J connectivity index is 1.27. The number of fused-ring (bicyclic) bond motifs is 1. The fourth-order valence-electron chi connectivity index (χ4n) is 3.86. The average Bonchev–Trinajstić information content (AvgIpc) is 3.57. The molecule has 6 nitrogen and oxygen atoms in total. The van der Waals surface area contributed by atoms with Crippen LogP contribution in [0.3, 0.4) is 0 Å². The number of aromatic nitrogens is 2. The fourth-order valence-corrected chi connectivity index (χ4v) is 4.66. The number of benzene rings is 1. The monoisotopic (exact) mass is 419 g/mol. The minimum absolute atomic E-state index is 0.0494. The summed E-state index contributed by atoms with van der Waals surface area (Å²) in [5.41, 5.74) is 3.96. The van der Waals surface area contributed by atoms with Crippen LogP contribution in [0.15, 0.2) is 63.0 Å². The number of nitrogens with zero attached hydrogens (tertiary/aromatic N) is 2. The van der Waals surface area contributed by atoms with Gasteiger partial charge in [0.2, 0.25) is 17.6 Å². The van der Waals surface area contributed by atoms with Gasteiger partial charge < -0.3 is 14.3 Å². The lowest BCUT2D eigenvalue weighted by Crippen LogP contribution is -2.29. The van der Waals surface area contributed by atoms with Gasteiger partial charge in [0.15, 0.2) is 5.76 Å². The van der Waals surface area contributed by atoms with E-state index in [9.17, 15) is 4.79 Å². The highest BCUT2D eigenvalue weighted by Crippen LogP contribution is 2.30. The molecule has 152 valence electrons. The van der Waals surface area contributed by atoms with Crippen molar-refractivity contribution in [3.63, 3.8) is 0 Å². The Morgan fingerprint density at radius 1 is 1.17 bits per heavy atom. The van der Waals surface area contributed by atoms with Gasteiger partial charge in [-0.25, -0.2) is 0 Å². The van der Waals surface area contributed by atoms with E-state index in [0.717, 1.165) is 23.3 Å². The highest BCUT2D eigenvalue weighted by molar-refractivity contribution is 7.10. The zero-order chi connectivity index (χ0) is 20.3. The molecule has 0 saturated carbocycles. The van der Waals surface area contributed by atoms with Crippen molar-refractivity contribution in [1.82, 2.24) is 15.5 Å². The third-order valence-corrected chi connectivity index (χ3v) is 6.30. The van der Waals surface area contributed by atoms with Crippen LogP contribution < -0.4 is 5.32 Å². The number of amides is 1. The number of rotatable bonds is 7. The Kier molecular flexibility index (Phi) is 5.19. The maximum atomic E-state index is 12.7. The van der Waals surface area contributed by atoms with E-state index in [1.165, 1.54) is 17.5 Å². The molecule has 0 fully saturated rings. The number of hydrogen-bond acceptors (Lipinski definition) is 6. The zero-order valence-electron chi connectivity index (χ0n) is 16.3. The first-order valence-corrected chi connectivity index (χ1v) is 10.9. The molecule has 1 aliphatic carbocycles. The second-order valence-corrected chi connectivity index (χ2v) is 8.37. The van der Waals surface area contributed by atoms with Crippen molar-refractivity contribution < 1.29 is 13.7 Å². The molecule has 4 aromatic rings. The minimum atomic E-state index is -0.148. The number of carbonyl (C=O) groups is 1. The first-order valence-electron chi connectivity index (χ1n) is 10.1. The van der Waals surface area contributed by atoms with Crippen molar-refractivity contribution in [2.24, 2.45) is 0 Å². The van der Waals surface area contributed by atoms with E-state index in [0.29, 0.717) is 23.9 Å². The first-order chi connectivity index (χ1) is 14.8. The van der Waals surface area contributed by atoms with Gasteiger partial charge in [0, 0.05) is 17.7 Å². The number of thiophene rings is 1. The maximum Gasteiger partial charge on any atom is 0.238 e. The summed E-state index contributed by atoms with van der Waals surface area (Å²) in [7, 11) is 0. The quantitative estimate of drug-likeness (QED) is 0.469. The van der Waals surface area contributed by atoms with Crippen LogP contribution in [-0.2, 0) is 24.1 Å². The summed E-state index contributed by atoms with van der Waals surface area (Å²) >= 11 is 1.65. The van der Waals surface area contributed by atoms with Crippen molar-refractivity contribution in [2.75, 3.05) is 0 Å². The van der Waals surface area contributed by atoms with E-state index in [2.05, 4.69) is 39.7 Å². The van der Waals surface area contributed by atoms with Gasteiger partial charge in [0.05, 0.1) is 12.3 Å². The SMILES string of the molecule is O=C(CCc1nc(-c2ccco2)no1)N[C@H](c1ccc2c(c1)CCC2)c1cccs1. The second kappa shape index (κ2) is 8.28. The average molecular weight is 420 g/mol. The van der Waals surface area contributed by atoms with Gasteiger partial charge >= 0.3 is 0 Å². The highest BCUT2D eigenvalue weighted by atomic mass is 32.1. The van der Waals surface area contributed by atoms with Gasteiger partial charge in [0.25, 0.3) is 0 Å². The largest absolute Gasteiger partial charge is 0.461 e. The molecule has 3 heterocycles. The number of nitrogens with one attached hydrogen (secondary N) is 1. The lowest BCUT2D eigenvalue weighted by Gasteiger charge is -2.19.